The average molecular weight is 374 g/mol. The van der Waals surface area contributed by atoms with Gasteiger partial charge in [0.05, 0.1) is 19.3 Å². The number of carbonyl (C=O) groups excluding carboxylic acids is 1. The van der Waals surface area contributed by atoms with E-state index in [1.807, 2.05) is 4.90 Å². The Bertz CT molecular complexity index is 637. The summed E-state index contributed by atoms with van der Waals surface area (Å²) in [6.45, 7) is 10.7. The maximum Gasteiger partial charge on any atom is 0.239 e. The zero-order valence-corrected chi connectivity index (χ0v) is 16.2. The lowest BCUT2D eigenvalue weighted by molar-refractivity contribution is -0.135. The topological polar surface area (TPSA) is 65.0 Å². The van der Waals surface area contributed by atoms with Crippen LogP contribution >= 0.6 is 0 Å². The minimum atomic E-state index is -0.0282. The zero-order chi connectivity index (χ0) is 18.6. The van der Waals surface area contributed by atoms with Crippen LogP contribution in [-0.4, -0.2) is 97.3 Å². The summed E-state index contributed by atoms with van der Waals surface area (Å²) in [6.07, 6.45) is 3.95. The van der Waals surface area contributed by atoms with Crippen LogP contribution in [0.3, 0.4) is 0 Å². The minimum Gasteiger partial charge on any atom is -0.378 e. The van der Waals surface area contributed by atoms with Gasteiger partial charge in [0.25, 0.3) is 0 Å². The summed E-state index contributed by atoms with van der Waals surface area (Å²) < 4.78 is 5.43. The van der Waals surface area contributed by atoms with Gasteiger partial charge in [-0.3, -0.25) is 9.69 Å². The van der Waals surface area contributed by atoms with Gasteiger partial charge in [-0.05, 0) is 19.8 Å². The standard InChI is InChI=1S/C19H30N6O2/c1-16(19(26)25-4-2-3-5-25)22-6-8-23(9-7-22)17-14-18(21-15-20-17)24-10-12-27-13-11-24/h14-16H,2-13H2,1H3. The number of hydrogen-bond donors (Lipinski definition) is 0. The van der Waals surface area contributed by atoms with Gasteiger partial charge in [0.2, 0.25) is 5.91 Å². The third kappa shape index (κ3) is 4.16. The lowest BCUT2D eigenvalue weighted by atomic mass is 10.2. The van der Waals surface area contributed by atoms with Crippen molar-refractivity contribution in [1.29, 1.82) is 0 Å². The highest BCUT2D eigenvalue weighted by atomic mass is 16.5. The summed E-state index contributed by atoms with van der Waals surface area (Å²) in [5.74, 6) is 2.24. The third-order valence-corrected chi connectivity index (χ3v) is 5.93. The van der Waals surface area contributed by atoms with Crippen molar-refractivity contribution in [1.82, 2.24) is 19.8 Å². The van der Waals surface area contributed by atoms with E-state index in [1.165, 1.54) is 0 Å². The van der Waals surface area contributed by atoms with Crippen molar-refractivity contribution in [2.75, 3.05) is 75.4 Å². The Labute approximate surface area is 161 Å². The molecular weight excluding hydrogens is 344 g/mol. The first kappa shape index (κ1) is 18.4. The molecule has 8 heteroatoms. The SMILES string of the molecule is CC(C(=O)N1CCCC1)N1CCN(c2cc(N3CCOCC3)ncn2)CC1. The molecule has 0 bridgehead atoms. The van der Waals surface area contributed by atoms with Crippen molar-refractivity contribution in [2.24, 2.45) is 0 Å². The van der Waals surface area contributed by atoms with Gasteiger partial charge in [0.1, 0.15) is 18.0 Å². The van der Waals surface area contributed by atoms with Crippen LogP contribution in [-0.2, 0) is 9.53 Å². The van der Waals surface area contributed by atoms with E-state index in [9.17, 15) is 4.79 Å². The first-order valence-corrected chi connectivity index (χ1v) is 10.1. The van der Waals surface area contributed by atoms with E-state index in [0.29, 0.717) is 0 Å². The van der Waals surface area contributed by atoms with E-state index in [2.05, 4.69) is 37.7 Å². The molecule has 1 aromatic heterocycles. The Morgan fingerprint density at radius 2 is 1.52 bits per heavy atom. The minimum absolute atomic E-state index is 0.0282. The number of morpholine rings is 1. The quantitative estimate of drug-likeness (QED) is 0.758. The number of likely N-dealkylation sites (tertiary alicyclic amines) is 1. The van der Waals surface area contributed by atoms with Crippen LogP contribution in [0.15, 0.2) is 12.4 Å². The molecule has 0 aromatic carbocycles. The zero-order valence-electron chi connectivity index (χ0n) is 16.2. The number of rotatable bonds is 4. The molecule has 4 rings (SSSR count). The van der Waals surface area contributed by atoms with Crippen LogP contribution in [0.4, 0.5) is 11.6 Å². The Morgan fingerprint density at radius 3 is 2.15 bits per heavy atom. The first-order chi connectivity index (χ1) is 13.2. The fraction of sp³-hybridized carbons (Fsp3) is 0.737. The average Bonchev–Trinajstić information content (AvgIpc) is 3.28. The number of piperazine rings is 1. The van der Waals surface area contributed by atoms with Gasteiger partial charge in [-0.2, -0.15) is 0 Å². The molecule has 1 unspecified atom stereocenters. The van der Waals surface area contributed by atoms with Crippen LogP contribution in [0.25, 0.3) is 0 Å². The fourth-order valence-corrected chi connectivity index (χ4v) is 4.17. The summed E-state index contributed by atoms with van der Waals surface area (Å²) in [7, 11) is 0. The van der Waals surface area contributed by atoms with Crippen LogP contribution in [0, 0.1) is 0 Å². The highest BCUT2D eigenvalue weighted by Gasteiger charge is 2.30. The molecule has 0 radical (unpaired) electrons. The molecule has 0 spiro atoms. The summed E-state index contributed by atoms with van der Waals surface area (Å²) >= 11 is 0. The second-order valence-electron chi connectivity index (χ2n) is 7.57. The van der Waals surface area contributed by atoms with Gasteiger partial charge < -0.3 is 19.4 Å². The summed E-state index contributed by atoms with van der Waals surface area (Å²) in [4.78, 5) is 30.5. The summed E-state index contributed by atoms with van der Waals surface area (Å²) in [5, 5.41) is 0. The molecule has 148 valence electrons. The van der Waals surface area contributed by atoms with Gasteiger partial charge >= 0.3 is 0 Å². The summed E-state index contributed by atoms with van der Waals surface area (Å²) in [6, 6.07) is 2.05. The number of anilines is 2. The smallest absolute Gasteiger partial charge is 0.239 e. The highest BCUT2D eigenvalue weighted by molar-refractivity contribution is 5.81. The molecule has 3 aliphatic rings. The molecule has 0 aliphatic carbocycles. The molecule has 3 aliphatic heterocycles. The number of ether oxygens (including phenoxy) is 1. The second-order valence-corrected chi connectivity index (χ2v) is 7.57. The molecule has 1 amide bonds. The molecule has 1 atom stereocenters. The third-order valence-electron chi connectivity index (χ3n) is 5.93. The Hall–Kier alpha value is -1.93. The molecule has 1 aromatic rings. The van der Waals surface area contributed by atoms with Crippen molar-refractivity contribution in [2.45, 2.75) is 25.8 Å². The summed E-state index contributed by atoms with van der Waals surface area (Å²) in [5.41, 5.74) is 0. The second kappa shape index (κ2) is 8.39. The van der Waals surface area contributed by atoms with E-state index >= 15 is 0 Å². The fourth-order valence-electron chi connectivity index (χ4n) is 4.17. The van der Waals surface area contributed by atoms with E-state index in [4.69, 9.17) is 4.74 Å². The van der Waals surface area contributed by atoms with Gasteiger partial charge in [0, 0.05) is 58.4 Å². The number of carbonyl (C=O) groups is 1. The van der Waals surface area contributed by atoms with Crippen molar-refractivity contribution < 1.29 is 9.53 Å². The lowest BCUT2D eigenvalue weighted by Crippen LogP contribution is -2.54. The lowest BCUT2D eigenvalue weighted by Gasteiger charge is -2.39. The Morgan fingerprint density at radius 1 is 0.926 bits per heavy atom. The number of hydrogen-bond acceptors (Lipinski definition) is 7. The van der Waals surface area contributed by atoms with Crippen molar-refractivity contribution in [3.05, 3.63) is 12.4 Å². The molecule has 3 saturated heterocycles. The van der Waals surface area contributed by atoms with Crippen molar-refractivity contribution in [3.8, 4) is 0 Å². The van der Waals surface area contributed by atoms with Gasteiger partial charge in [0.15, 0.2) is 0 Å². The van der Waals surface area contributed by atoms with Crippen molar-refractivity contribution in [3.63, 3.8) is 0 Å². The molecule has 8 nitrogen and oxygen atoms in total. The van der Waals surface area contributed by atoms with Gasteiger partial charge in [-0.25, -0.2) is 9.97 Å². The van der Waals surface area contributed by atoms with Crippen molar-refractivity contribution >= 4 is 17.5 Å². The molecule has 27 heavy (non-hydrogen) atoms. The molecule has 4 heterocycles. The predicted molar refractivity (Wildman–Crippen MR) is 104 cm³/mol. The number of aromatic nitrogens is 2. The molecule has 0 N–H and O–H groups in total. The number of nitrogens with zero attached hydrogens (tertiary/aromatic N) is 6. The molecular formula is C19H30N6O2. The van der Waals surface area contributed by atoms with Crippen LogP contribution in [0.5, 0.6) is 0 Å². The maximum absolute atomic E-state index is 12.7. The monoisotopic (exact) mass is 374 g/mol. The Balaban J connectivity index is 1.34. The van der Waals surface area contributed by atoms with Gasteiger partial charge in [-0.1, -0.05) is 0 Å². The first-order valence-electron chi connectivity index (χ1n) is 10.1. The predicted octanol–water partition coefficient (Wildman–Crippen LogP) is 0.446. The van der Waals surface area contributed by atoms with E-state index in [1.54, 1.807) is 6.33 Å². The number of amides is 1. The van der Waals surface area contributed by atoms with Gasteiger partial charge in [-0.15, -0.1) is 0 Å². The van der Waals surface area contributed by atoms with E-state index in [0.717, 1.165) is 90.0 Å². The highest BCUT2D eigenvalue weighted by Crippen LogP contribution is 2.21. The largest absolute Gasteiger partial charge is 0.378 e. The van der Waals surface area contributed by atoms with Crippen LogP contribution in [0.1, 0.15) is 19.8 Å². The van der Waals surface area contributed by atoms with E-state index in [-0.39, 0.29) is 11.9 Å². The maximum atomic E-state index is 12.7. The van der Waals surface area contributed by atoms with Crippen LogP contribution in [0.2, 0.25) is 0 Å². The molecule has 3 fully saturated rings. The van der Waals surface area contributed by atoms with E-state index < -0.39 is 0 Å². The molecule has 0 saturated carbocycles. The normalized spacial score (nSPS) is 22.9. The van der Waals surface area contributed by atoms with Crippen LogP contribution < -0.4 is 9.80 Å². The Kier molecular flexibility index (Phi) is 5.73.